The minimum atomic E-state index is -0.223. The van der Waals surface area contributed by atoms with E-state index in [0.717, 1.165) is 22.0 Å². The number of ketones is 1. The molecule has 2 N–H and O–H groups in total. The number of hydrogen-bond donors (Lipinski definition) is 2. The molecule has 0 atom stereocenters. The lowest BCUT2D eigenvalue weighted by molar-refractivity contribution is 0.103. The van der Waals surface area contributed by atoms with Crippen molar-refractivity contribution in [3.05, 3.63) is 72.1 Å². The van der Waals surface area contributed by atoms with Crippen molar-refractivity contribution in [1.29, 1.82) is 0 Å². The molecule has 29 heavy (non-hydrogen) atoms. The Morgan fingerprint density at radius 2 is 2.03 bits per heavy atom. The predicted molar refractivity (Wildman–Crippen MR) is 107 cm³/mol. The lowest BCUT2D eigenvalue weighted by Crippen LogP contribution is -2.05. The van der Waals surface area contributed by atoms with Gasteiger partial charge in [-0.1, -0.05) is 12.1 Å². The van der Waals surface area contributed by atoms with Gasteiger partial charge in [-0.3, -0.25) is 4.79 Å². The van der Waals surface area contributed by atoms with Crippen LogP contribution in [0, 0.1) is 6.92 Å². The molecule has 0 radical (unpaired) electrons. The monoisotopic (exact) mass is 387 g/mol. The SMILES string of the molecule is COc1cc(C(=O)c2cnc(-c3c[nH]c4cccc(C)c34)[nH]2)cc2c1OC=CO2. The highest BCUT2D eigenvalue weighted by molar-refractivity contribution is 6.09. The van der Waals surface area contributed by atoms with Crippen molar-refractivity contribution in [1.82, 2.24) is 15.0 Å². The van der Waals surface area contributed by atoms with Gasteiger partial charge in [0.25, 0.3) is 0 Å². The van der Waals surface area contributed by atoms with Gasteiger partial charge in [0.05, 0.1) is 13.3 Å². The van der Waals surface area contributed by atoms with Crippen LogP contribution in [0.25, 0.3) is 22.3 Å². The number of ether oxygens (including phenoxy) is 3. The lowest BCUT2D eigenvalue weighted by atomic mass is 10.1. The first kappa shape index (κ1) is 17.1. The van der Waals surface area contributed by atoms with Crippen LogP contribution in [-0.4, -0.2) is 27.8 Å². The Morgan fingerprint density at radius 1 is 1.17 bits per heavy atom. The van der Waals surface area contributed by atoms with Crippen molar-refractivity contribution >= 4 is 16.7 Å². The number of hydrogen-bond acceptors (Lipinski definition) is 5. The van der Waals surface area contributed by atoms with E-state index in [2.05, 4.69) is 15.0 Å². The first-order valence-electron chi connectivity index (χ1n) is 9.03. The number of fused-ring (bicyclic) bond motifs is 2. The van der Waals surface area contributed by atoms with Crippen LogP contribution < -0.4 is 14.2 Å². The van der Waals surface area contributed by atoms with E-state index < -0.39 is 0 Å². The standard InChI is InChI=1S/C22H17N3O4/c1-12-4-3-5-15-19(12)14(10-23-15)22-24-11-16(25-22)20(26)13-8-17(27-2)21-18(9-13)28-6-7-29-21/h3-11,23H,1-2H3,(H,24,25). The number of carbonyl (C=O) groups excluding carboxylic acids is 1. The summed E-state index contributed by atoms with van der Waals surface area (Å²) in [6.07, 6.45) is 6.25. The minimum Gasteiger partial charge on any atom is -0.493 e. The number of H-pyrrole nitrogens is 2. The molecule has 7 nitrogen and oxygen atoms in total. The Labute approximate surface area is 165 Å². The normalized spacial score (nSPS) is 12.3. The first-order chi connectivity index (χ1) is 14.2. The van der Waals surface area contributed by atoms with E-state index in [4.69, 9.17) is 14.2 Å². The summed E-state index contributed by atoms with van der Waals surface area (Å²) in [5.74, 6) is 1.68. The molecule has 0 fully saturated rings. The van der Waals surface area contributed by atoms with Crippen molar-refractivity contribution < 1.29 is 19.0 Å². The Balaban J connectivity index is 1.53. The van der Waals surface area contributed by atoms with Gasteiger partial charge in [0.2, 0.25) is 11.5 Å². The van der Waals surface area contributed by atoms with Crippen LogP contribution in [0.15, 0.2) is 55.2 Å². The fourth-order valence-corrected chi connectivity index (χ4v) is 3.54. The number of nitrogens with zero attached hydrogens (tertiary/aromatic N) is 1. The first-order valence-corrected chi connectivity index (χ1v) is 9.03. The molecular formula is C22H17N3O4. The largest absolute Gasteiger partial charge is 0.493 e. The number of carbonyl (C=O) groups is 1. The molecule has 0 aliphatic carbocycles. The van der Waals surface area contributed by atoms with Gasteiger partial charge >= 0.3 is 0 Å². The smallest absolute Gasteiger partial charge is 0.211 e. The molecule has 7 heteroatoms. The van der Waals surface area contributed by atoms with E-state index in [1.807, 2.05) is 31.3 Å². The molecule has 5 rings (SSSR count). The molecule has 0 amide bonds. The Morgan fingerprint density at radius 3 is 2.90 bits per heavy atom. The predicted octanol–water partition coefficient (Wildman–Crippen LogP) is 4.35. The number of aromatic amines is 2. The molecule has 0 unspecified atom stereocenters. The van der Waals surface area contributed by atoms with Gasteiger partial charge in [0.1, 0.15) is 24.0 Å². The molecule has 144 valence electrons. The molecule has 0 bridgehead atoms. The summed E-state index contributed by atoms with van der Waals surface area (Å²) < 4.78 is 16.2. The second-order valence-corrected chi connectivity index (χ2v) is 6.69. The number of nitrogens with one attached hydrogen (secondary N) is 2. The quantitative estimate of drug-likeness (QED) is 0.508. The van der Waals surface area contributed by atoms with E-state index in [0.29, 0.717) is 34.3 Å². The lowest BCUT2D eigenvalue weighted by Gasteiger charge is -2.16. The zero-order chi connectivity index (χ0) is 20.0. The summed E-state index contributed by atoms with van der Waals surface area (Å²) in [5.41, 5.74) is 3.85. The Hall–Kier alpha value is -4.00. The maximum atomic E-state index is 13.1. The molecule has 1 aliphatic rings. The van der Waals surface area contributed by atoms with Gasteiger partial charge in [0.15, 0.2) is 11.5 Å². The van der Waals surface area contributed by atoms with Crippen molar-refractivity contribution in [3.63, 3.8) is 0 Å². The number of rotatable bonds is 4. The summed E-state index contributed by atoms with van der Waals surface area (Å²) in [6.45, 7) is 2.05. The molecule has 0 saturated heterocycles. The molecule has 2 aromatic heterocycles. The average molecular weight is 387 g/mol. The minimum absolute atomic E-state index is 0.223. The van der Waals surface area contributed by atoms with Gasteiger partial charge < -0.3 is 24.2 Å². The molecular weight excluding hydrogens is 370 g/mol. The number of aryl methyl sites for hydroxylation is 1. The maximum Gasteiger partial charge on any atom is 0.211 e. The zero-order valence-electron chi connectivity index (χ0n) is 15.8. The summed E-state index contributed by atoms with van der Waals surface area (Å²) in [7, 11) is 1.51. The molecule has 2 aromatic carbocycles. The summed E-state index contributed by atoms with van der Waals surface area (Å²) >= 11 is 0. The fourth-order valence-electron chi connectivity index (χ4n) is 3.54. The molecule has 4 aromatic rings. The third-order valence-corrected chi connectivity index (χ3v) is 4.93. The third-order valence-electron chi connectivity index (χ3n) is 4.93. The van der Waals surface area contributed by atoms with E-state index in [1.165, 1.54) is 25.8 Å². The Bertz CT molecular complexity index is 1280. The highest BCUT2D eigenvalue weighted by Gasteiger charge is 2.22. The van der Waals surface area contributed by atoms with Crippen LogP contribution in [0.2, 0.25) is 0 Å². The molecule has 0 saturated carbocycles. The van der Waals surface area contributed by atoms with E-state index in [9.17, 15) is 4.79 Å². The van der Waals surface area contributed by atoms with Crippen LogP contribution in [0.3, 0.4) is 0 Å². The van der Waals surface area contributed by atoms with Crippen LogP contribution >= 0.6 is 0 Å². The van der Waals surface area contributed by atoms with Gasteiger partial charge in [-0.15, -0.1) is 0 Å². The fraction of sp³-hybridized carbons (Fsp3) is 0.0909. The summed E-state index contributed by atoms with van der Waals surface area (Å²) in [6, 6.07) is 9.31. The van der Waals surface area contributed by atoms with Crippen molar-refractivity contribution in [3.8, 4) is 28.6 Å². The van der Waals surface area contributed by atoms with Crippen molar-refractivity contribution in [2.24, 2.45) is 0 Å². The van der Waals surface area contributed by atoms with Gasteiger partial charge in [0, 0.05) is 28.2 Å². The average Bonchev–Trinajstić information content (AvgIpc) is 3.40. The van der Waals surface area contributed by atoms with Gasteiger partial charge in [-0.2, -0.15) is 0 Å². The number of benzene rings is 2. The summed E-state index contributed by atoms with van der Waals surface area (Å²) in [5, 5.41) is 1.08. The Kier molecular flexibility index (Phi) is 3.87. The molecule has 3 heterocycles. The van der Waals surface area contributed by atoms with Crippen molar-refractivity contribution in [2.75, 3.05) is 7.11 Å². The highest BCUT2D eigenvalue weighted by Crippen LogP contribution is 2.41. The number of methoxy groups -OCH3 is 1. The second-order valence-electron chi connectivity index (χ2n) is 6.69. The summed E-state index contributed by atoms with van der Waals surface area (Å²) in [4.78, 5) is 23.9. The second kappa shape index (κ2) is 6.56. The number of aromatic nitrogens is 3. The van der Waals surface area contributed by atoms with Crippen LogP contribution in [-0.2, 0) is 0 Å². The van der Waals surface area contributed by atoms with Gasteiger partial charge in [-0.05, 0) is 30.7 Å². The van der Waals surface area contributed by atoms with Crippen molar-refractivity contribution in [2.45, 2.75) is 6.92 Å². The van der Waals surface area contributed by atoms with Crippen LogP contribution in [0.1, 0.15) is 21.6 Å². The van der Waals surface area contributed by atoms with Crippen LogP contribution in [0.4, 0.5) is 0 Å². The van der Waals surface area contributed by atoms with E-state index in [1.54, 1.807) is 12.1 Å². The van der Waals surface area contributed by atoms with E-state index >= 15 is 0 Å². The molecule has 1 aliphatic heterocycles. The van der Waals surface area contributed by atoms with Crippen LogP contribution in [0.5, 0.6) is 17.2 Å². The molecule has 0 spiro atoms. The number of imidazole rings is 1. The third kappa shape index (κ3) is 2.75. The maximum absolute atomic E-state index is 13.1. The van der Waals surface area contributed by atoms with Gasteiger partial charge in [-0.25, -0.2) is 4.98 Å². The van der Waals surface area contributed by atoms with E-state index in [-0.39, 0.29) is 5.78 Å². The zero-order valence-corrected chi connectivity index (χ0v) is 15.8. The highest BCUT2D eigenvalue weighted by atomic mass is 16.6. The topological polar surface area (TPSA) is 89.2 Å².